The van der Waals surface area contributed by atoms with Gasteiger partial charge < -0.3 is 5.73 Å². The summed E-state index contributed by atoms with van der Waals surface area (Å²) in [5.41, 5.74) is 7.24. The summed E-state index contributed by atoms with van der Waals surface area (Å²) in [7, 11) is 0. The van der Waals surface area contributed by atoms with Gasteiger partial charge in [-0.05, 0) is 18.6 Å². The third kappa shape index (κ3) is 1.91. The first-order valence-electron chi connectivity index (χ1n) is 4.85. The van der Waals surface area contributed by atoms with Crippen molar-refractivity contribution in [3.8, 4) is 17.3 Å². The topological polar surface area (TPSA) is 78.5 Å². The van der Waals surface area contributed by atoms with Crippen LogP contribution in [0.25, 0.3) is 11.3 Å². The van der Waals surface area contributed by atoms with Crippen LogP contribution in [0.4, 0.5) is 5.82 Å². The molecule has 0 fully saturated rings. The van der Waals surface area contributed by atoms with E-state index in [0.29, 0.717) is 21.3 Å². The Kier molecular flexibility index (Phi) is 3.40. The molecular formula is C11H7Cl3N4. The van der Waals surface area contributed by atoms with Gasteiger partial charge in [0.25, 0.3) is 0 Å². The SMILES string of the molecule is Cc1cc(Cl)c(-c2n[nH]c(N)c2C#N)c(Cl)c1Cl. The van der Waals surface area contributed by atoms with Crippen molar-refractivity contribution in [2.24, 2.45) is 0 Å². The lowest BCUT2D eigenvalue weighted by Crippen LogP contribution is -1.90. The van der Waals surface area contributed by atoms with Crippen LogP contribution in [0.5, 0.6) is 0 Å². The van der Waals surface area contributed by atoms with E-state index in [9.17, 15) is 0 Å². The predicted octanol–water partition coefficient (Wildman–Crippen LogP) is 3.80. The molecule has 1 aromatic carbocycles. The summed E-state index contributed by atoms with van der Waals surface area (Å²) in [6.07, 6.45) is 0. The second-order valence-electron chi connectivity index (χ2n) is 3.65. The van der Waals surface area contributed by atoms with Crippen LogP contribution in [0.15, 0.2) is 6.07 Å². The largest absolute Gasteiger partial charge is 0.383 e. The van der Waals surface area contributed by atoms with E-state index >= 15 is 0 Å². The van der Waals surface area contributed by atoms with Crippen molar-refractivity contribution < 1.29 is 0 Å². The van der Waals surface area contributed by atoms with Crippen LogP contribution in [0, 0.1) is 18.3 Å². The van der Waals surface area contributed by atoms with Crippen molar-refractivity contribution in [2.75, 3.05) is 5.73 Å². The average molecular weight is 302 g/mol. The van der Waals surface area contributed by atoms with E-state index in [-0.39, 0.29) is 16.4 Å². The van der Waals surface area contributed by atoms with E-state index in [1.807, 2.05) is 6.07 Å². The van der Waals surface area contributed by atoms with Gasteiger partial charge in [-0.3, -0.25) is 5.10 Å². The normalized spacial score (nSPS) is 10.4. The first kappa shape index (κ1) is 13.0. The smallest absolute Gasteiger partial charge is 0.137 e. The lowest BCUT2D eigenvalue weighted by Gasteiger charge is -2.09. The molecule has 0 aliphatic heterocycles. The van der Waals surface area contributed by atoms with Crippen molar-refractivity contribution in [3.05, 3.63) is 32.3 Å². The van der Waals surface area contributed by atoms with Gasteiger partial charge >= 0.3 is 0 Å². The fourth-order valence-corrected chi connectivity index (χ4v) is 2.47. The Morgan fingerprint density at radius 1 is 1.33 bits per heavy atom. The maximum absolute atomic E-state index is 9.05. The van der Waals surface area contributed by atoms with E-state index in [0.717, 1.165) is 5.56 Å². The lowest BCUT2D eigenvalue weighted by molar-refractivity contribution is 1.10. The molecule has 0 aliphatic carbocycles. The number of nitrogens with one attached hydrogen (secondary N) is 1. The number of halogens is 3. The zero-order chi connectivity index (χ0) is 13.4. The van der Waals surface area contributed by atoms with Gasteiger partial charge in [0, 0.05) is 5.56 Å². The summed E-state index contributed by atoms with van der Waals surface area (Å²) in [5.74, 6) is 0.163. The van der Waals surface area contributed by atoms with E-state index in [2.05, 4.69) is 10.2 Å². The minimum absolute atomic E-state index is 0.163. The molecule has 0 saturated heterocycles. The highest BCUT2D eigenvalue weighted by molar-refractivity contribution is 6.46. The molecule has 0 atom stereocenters. The van der Waals surface area contributed by atoms with Crippen LogP contribution in [-0.4, -0.2) is 10.2 Å². The predicted molar refractivity (Wildman–Crippen MR) is 72.9 cm³/mol. The molecule has 0 amide bonds. The van der Waals surface area contributed by atoms with Gasteiger partial charge in [0.2, 0.25) is 0 Å². The van der Waals surface area contributed by atoms with Gasteiger partial charge in [-0.2, -0.15) is 10.4 Å². The Balaban J connectivity index is 2.80. The van der Waals surface area contributed by atoms with Crippen LogP contribution >= 0.6 is 34.8 Å². The summed E-state index contributed by atoms with van der Waals surface area (Å²) in [6.45, 7) is 1.79. The molecule has 1 heterocycles. The number of aromatic nitrogens is 2. The monoisotopic (exact) mass is 300 g/mol. The first-order chi connectivity index (χ1) is 8.47. The number of hydrogen-bond acceptors (Lipinski definition) is 3. The quantitative estimate of drug-likeness (QED) is 0.786. The van der Waals surface area contributed by atoms with Gasteiger partial charge in [-0.15, -0.1) is 0 Å². The average Bonchev–Trinajstić information content (AvgIpc) is 2.68. The zero-order valence-corrected chi connectivity index (χ0v) is 11.5. The summed E-state index contributed by atoms with van der Waals surface area (Å²) >= 11 is 18.4. The summed E-state index contributed by atoms with van der Waals surface area (Å²) in [5, 5.41) is 16.5. The Hall–Kier alpha value is -1.41. The molecule has 0 unspecified atom stereocenters. The number of nitriles is 1. The van der Waals surface area contributed by atoms with Crippen molar-refractivity contribution in [3.63, 3.8) is 0 Å². The Morgan fingerprint density at radius 2 is 2.00 bits per heavy atom. The second kappa shape index (κ2) is 4.69. The van der Waals surface area contributed by atoms with Crippen LogP contribution in [-0.2, 0) is 0 Å². The Labute approximate surface area is 118 Å². The van der Waals surface area contributed by atoms with E-state index in [1.54, 1.807) is 13.0 Å². The third-order valence-corrected chi connectivity index (χ3v) is 3.74. The number of aryl methyl sites for hydroxylation is 1. The van der Waals surface area contributed by atoms with E-state index in [4.69, 9.17) is 45.8 Å². The standard InChI is InChI=1S/C11H7Cl3N4/c1-4-2-6(12)7(9(14)8(4)13)10-5(3-15)11(16)18-17-10/h2H,1H3,(H3,16,17,18). The number of aromatic amines is 1. The summed E-state index contributed by atoms with van der Waals surface area (Å²) in [4.78, 5) is 0. The molecule has 18 heavy (non-hydrogen) atoms. The molecule has 0 saturated carbocycles. The highest BCUT2D eigenvalue weighted by atomic mass is 35.5. The lowest BCUT2D eigenvalue weighted by atomic mass is 10.1. The molecule has 2 aromatic rings. The molecule has 0 aliphatic rings. The number of nitrogens with zero attached hydrogens (tertiary/aromatic N) is 2. The summed E-state index contributed by atoms with van der Waals surface area (Å²) in [6, 6.07) is 3.62. The van der Waals surface area contributed by atoms with Crippen LogP contribution < -0.4 is 5.73 Å². The van der Waals surface area contributed by atoms with Crippen LogP contribution in [0.1, 0.15) is 11.1 Å². The van der Waals surface area contributed by atoms with E-state index in [1.165, 1.54) is 0 Å². The highest BCUT2D eigenvalue weighted by Crippen LogP contribution is 2.41. The van der Waals surface area contributed by atoms with Gasteiger partial charge in [-0.25, -0.2) is 0 Å². The molecular weight excluding hydrogens is 295 g/mol. The highest BCUT2D eigenvalue weighted by Gasteiger charge is 2.21. The molecule has 1 aromatic heterocycles. The van der Waals surface area contributed by atoms with Crippen molar-refractivity contribution >= 4 is 40.6 Å². The minimum Gasteiger partial charge on any atom is -0.383 e. The number of nitrogen functional groups attached to an aromatic ring is 1. The number of rotatable bonds is 1. The number of H-pyrrole nitrogens is 1. The Bertz CT molecular complexity index is 670. The molecule has 0 spiro atoms. The first-order valence-corrected chi connectivity index (χ1v) is 5.99. The maximum Gasteiger partial charge on any atom is 0.137 e. The molecule has 92 valence electrons. The third-order valence-electron chi connectivity index (χ3n) is 2.48. The van der Waals surface area contributed by atoms with Gasteiger partial charge in [0.1, 0.15) is 23.1 Å². The Morgan fingerprint density at radius 3 is 2.61 bits per heavy atom. The van der Waals surface area contributed by atoms with Crippen molar-refractivity contribution in [2.45, 2.75) is 6.92 Å². The van der Waals surface area contributed by atoms with Crippen LogP contribution in [0.3, 0.4) is 0 Å². The molecule has 4 nitrogen and oxygen atoms in total. The maximum atomic E-state index is 9.05. The summed E-state index contributed by atoms with van der Waals surface area (Å²) < 4.78 is 0. The van der Waals surface area contributed by atoms with Crippen molar-refractivity contribution in [1.82, 2.24) is 10.2 Å². The van der Waals surface area contributed by atoms with E-state index < -0.39 is 0 Å². The van der Waals surface area contributed by atoms with Crippen molar-refractivity contribution in [1.29, 1.82) is 5.26 Å². The number of hydrogen-bond donors (Lipinski definition) is 2. The van der Waals surface area contributed by atoms with Gasteiger partial charge in [0.15, 0.2) is 0 Å². The van der Waals surface area contributed by atoms with Crippen LogP contribution in [0.2, 0.25) is 15.1 Å². The number of anilines is 1. The fraction of sp³-hybridized carbons (Fsp3) is 0.0909. The molecule has 0 radical (unpaired) electrons. The molecule has 2 rings (SSSR count). The number of benzene rings is 1. The van der Waals surface area contributed by atoms with Gasteiger partial charge in [-0.1, -0.05) is 34.8 Å². The minimum atomic E-state index is 0.163. The molecule has 0 bridgehead atoms. The fourth-order valence-electron chi connectivity index (χ4n) is 1.58. The second-order valence-corrected chi connectivity index (χ2v) is 4.81. The molecule has 3 N–H and O–H groups in total. The van der Waals surface area contributed by atoms with Gasteiger partial charge in [0.05, 0.1) is 15.1 Å². The molecule has 7 heteroatoms. The zero-order valence-electron chi connectivity index (χ0n) is 9.18. The number of nitrogens with two attached hydrogens (primary N) is 1.